The molecule has 142 valence electrons. The van der Waals surface area contributed by atoms with Gasteiger partial charge in [-0.05, 0) is 103 Å². The SMILES string of the molecule is CCC(C)N(C)CCC1(C)CCN(CC2CCN(CC)CC2)CC1. The van der Waals surface area contributed by atoms with E-state index < -0.39 is 0 Å². The molecule has 0 bridgehead atoms. The van der Waals surface area contributed by atoms with Crippen LogP contribution in [0.4, 0.5) is 0 Å². The van der Waals surface area contributed by atoms with Crippen LogP contribution in [0.2, 0.25) is 0 Å². The van der Waals surface area contributed by atoms with Gasteiger partial charge >= 0.3 is 0 Å². The summed E-state index contributed by atoms with van der Waals surface area (Å²) in [5, 5.41) is 0. The molecular formula is C21H43N3. The fourth-order valence-corrected chi connectivity index (χ4v) is 4.35. The van der Waals surface area contributed by atoms with Crippen molar-refractivity contribution in [2.75, 3.05) is 52.9 Å². The number of rotatable bonds is 8. The number of nitrogens with zero attached hydrogens (tertiary/aromatic N) is 3. The highest BCUT2D eigenvalue weighted by Crippen LogP contribution is 2.35. The largest absolute Gasteiger partial charge is 0.304 e. The van der Waals surface area contributed by atoms with E-state index in [0.717, 1.165) is 12.0 Å². The minimum absolute atomic E-state index is 0.573. The molecule has 0 radical (unpaired) electrons. The van der Waals surface area contributed by atoms with Crippen LogP contribution >= 0.6 is 0 Å². The highest BCUT2D eigenvalue weighted by molar-refractivity contribution is 4.85. The first-order valence-electron chi connectivity index (χ1n) is 10.6. The summed E-state index contributed by atoms with van der Waals surface area (Å²) in [6.07, 6.45) is 8.27. The quantitative estimate of drug-likeness (QED) is 0.664. The van der Waals surface area contributed by atoms with Crippen LogP contribution in [-0.2, 0) is 0 Å². The van der Waals surface area contributed by atoms with Gasteiger partial charge in [0, 0.05) is 12.6 Å². The molecule has 2 rings (SSSR count). The maximum absolute atomic E-state index is 2.77. The molecule has 2 heterocycles. The Labute approximate surface area is 151 Å². The average Bonchev–Trinajstić information content (AvgIpc) is 2.62. The van der Waals surface area contributed by atoms with Gasteiger partial charge in [-0.25, -0.2) is 0 Å². The molecule has 0 spiro atoms. The summed E-state index contributed by atoms with van der Waals surface area (Å²) in [6, 6.07) is 0.725. The molecule has 0 aromatic rings. The predicted molar refractivity (Wildman–Crippen MR) is 106 cm³/mol. The lowest BCUT2D eigenvalue weighted by atomic mass is 9.77. The average molecular weight is 338 g/mol. The smallest absolute Gasteiger partial charge is 0.00612 e. The van der Waals surface area contributed by atoms with Crippen molar-refractivity contribution in [3.8, 4) is 0 Å². The van der Waals surface area contributed by atoms with E-state index in [4.69, 9.17) is 0 Å². The Bertz CT molecular complexity index is 341. The van der Waals surface area contributed by atoms with Crippen molar-refractivity contribution in [3.05, 3.63) is 0 Å². The Hall–Kier alpha value is -0.120. The standard InChI is InChI=1S/C21H43N3/c1-6-19(3)22(5)15-10-21(4)11-16-24(17-12-21)18-20-8-13-23(7-2)14-9-20/h19-20H,6-18H2,1-5H3. The van der Waals surface area contributed by atoms with Gasteiger partial charge in [0.2, 0.25) is 0 Å². The van der Waals surface area contributed by atoms with Gasteiger partial charge in [-0.15, -0.1) is 0 Å². The minimum Gasteiger partial charge on any atom is -0.304 e. The third-order valence-electron chi connectivity index (χ3n) is 7.15. The van der Waals surface area contributed by atoms with E-state index in [9.17, 15) is 0 Å². The molecule has 3 nitrogen and oxygen atoms in total. The van der Waals surface area contributed by atoms with Gasteiger partial charge in [0.25, 0.3) is 0 Å². The lowest BCUT2D eigenvalue weighted by Gasteiger charge is -2.42. The van der Waals surface area contributed by atoms with E-state index in [2.05, 4.69) is 49.4 Å². The van der Waals surface area contributed by atoms with Gasteiger partial charge in [0.1, 0.15) is 0 Å². The van der Waals surface area contributed by atoms with Crippen LogP contribution < -0.4 is 0 Å². The third-order valence-corrected chi connectivity index (χ3v) is 7.15. The number of hydrogen-bond donors (Lipinski definition) is 0. The zero-order valence-corrected chi connectivity index (χ0v) is 17.2. The fourth-order valence-electron chi connectivity index (χ4n) is 4.35. The molecule has 0 amide bonds. The second-order valence-electron chi connectivity index (χ2n) is 8.98. The van der Waals surface area contributed by atoms with Crippen molar-refractivity contribution < 1.29 is 0 Å². The topological polar surface area (TPSA) is 9.72 Å². The molecule has 1 atom stereocenters. The maximum atomic E-state index is 2.77. The molecule has 0 aromatic carbocycles. The van der Waals surface area contributed by atoms with Crippen LogP contribution in [0.1, 0.15) is 66.2 Å². The lowest BCUT2D eigenvalue weighted by Crippen LogP contribution is -2.44. The Morgan fingerprint density at radius 1 is 1.04 bits per heavy atom. The van der Waals surface area contributed by atoms with Crippen molar-refractivity contribution >= 4 is 0 Å². The van der Waals surface area contributed by atoms with Gasteiger partial charge in [-0.1, -0.05) is 20.8 Å². The van der Waals surface area contributed by atoms with Crippen LogP contribution in [0.5, 0.6) is 0 Å². The lowest BCUT2D eigenvalue weighted by molar-refractivity contribution is 0.0726. The summed E-state index contributed by atoms with van der Waals surface area (Å²) < 4.78 is 0. The zero-order valence-electron chi connectivity index (χ0n) is 17.2. The highest BCUT2D eigenvalue weighted by Gasteiger charge is 2.31. The number of piperidine rings is 2. The monoisotopic (exact) mass is 337 g/mol. The fraction of sp³-hybridized carbons (Fsp3) is 1.00. The summed E-state index contributed by atoms with van der Waals surface area (Å²) in [6.45, 7) is 18.7. The highest BCUT2D eigenvalue weighted by atomic mass is 15.2. The van der Waals surface area contributed by atoms with E-state index in [1.807, 2.05) is 0 Å². The molecule has 2 saturated heterocycles. The molecule has 0 saturated carbocycles. The van der Waals surface area contributed by atoms with Crippen LogP contribution in [-0.4, -0.2) is 73.6 Å². The first kappa shape index (κ1) is 20.2. The summed E-state index contributed by atoms with van der Waals surface area (Å²) >= 11 is 0. The minimum atomic E-state index is 0.573. The molecule has 3 heteroatoms. The van der Waals surface area contributed by atoms with Crippen LogP contribution in [0, 0.1) is 11.3 Å². The molecule has 24 heavy (non-hydrogen) atoms. The van der Waals surface area contributed by atoms with E-state index in [-0.39, 0.29) is 0 Å². The molecule has 2 aliphatic rings. The second-order valence-corrected chi connectivity index (χ2v) is 8.98. The third kappa shape index (κ3) is 6.00. The van der Waals surface area contributed by atoms with Gasteiger partial charge in [-0.3, -0.25) is 0 Å². The summed E-state index contributed by atoms with van der Waals surface area (Å²) in [5.74, 6) is 0.952. The molecule has 2 fully saturated rings. The zero-order chi connectivity index (χ0) is 17.6. The normalized spacial score (nSPS) is 25.2. The van der Waals surface area contributed by atoms with E-state index in [0.29, 0.717) is 5.41 Å². The van der Waals surface area contributed by atoms with E-state index in [1.165, 1.54) is 84.3 Å². The van der Waals surface area contributed by atoms with E-state index in [1.54, 1.807) is 0 Å². The van der Waals surface area contributed by atoms with Gasteiger partial charge < -0.3 is 14.7 Å². The predicted octanol–water partition coefficient (Wildman–Crippen LogP) is 3.94. The molecule has 0 aliphatic carbocycles. The molecule has 0 N–H and O–H groups in total. The molecule has 2 aliphatic heterocycles. The molecule has 1 unspecified atom stereocenters. The summed E-state index contributed by atoms with van der Waals surface area (Å²) in [7, 11) is 2.30. The first-order valence-corrected chi connectivity index (χ1v) is 10.6. The van der Waals surface area contributed by atoms with E-state index >= 15 is 0 Å². The van der Waals surface area contributed by atoms with Crippen molar-refractivity contribution in [1.82, 2.24) is 14.7 Å². The summed E-state index contributed by atoms with van der Waals surface area (Å²) in [4.78, 5) is 7.93. The Kier molecular flexibility index (Phi) is 8.03. The van der Waals surface area contributed by atoms with Crippen LogP contribution in [0.25, 0.3) is 0 Å². The van der Waals surface area contributed by atoms with Crippen molar-refractivity contribution in [1.29, 1.82) is 0 Å². The van der Waals surface area contributed by atoms with Crippen molar-refractivity contribution in [2.24, 2.45) is 11.3 Å². The Balaban J connectivity index is 1.67. The Morgan fingerprint density at radius 3 is 2.21 bits per heavy atom. The summed E-state index contributed by atoms with van der Waals surface area (Å²) in [5.41, 5.74) is 0.573. The van der Waals surface area contributed by atoms with Crippen molar-refractivity contribution in [3.63, 3.8) is 0 Å². The van der Waals surface area contributed by atoms with Gasteiger partial charge in [-0.2, -0.15) is 0 Å². The van der Waals surface area contributed by atoms with Gasteiger partial charge in [0.05, 0.1) is 0 Å². The maximum Gasteiger partial charge on any atom is 0.00612 e. The molecule has 0 aromatic heterocycles. The van der Waals surface area contributed by atoms with Gasteiger partial charge in [0.15, 0.2) is 0 Å². The second kappa shape index (κ2) is 9.54. The Morgan fingerprint density at radius 2 is 1.67 bits per heavy atom. The first-order chi connectivity index (χ1) is 11.5. The van der Waals surface area contributed by atoms with Crippen LogP contribution in [0.3, 0.4) is 0 Å². The molecular weight excluding hydrogens is 294 g/mol. The number of hydrogen-bond acceptors (Lipinski definition) is 3. The van der Waals surface area contributed by atoms with Crippen LogP contribution in [0.15, 0.2) is 0 Å². The van der Waals surface area contributed by atoms with Crippen molar-refractivity contribution in [2.45, 2.75) is 72.3 Å². The number of likely N-dealkylation sites (tertiary alicyclic amines) is 2.